The Kier molecular flexibility index (Phi) is 4.88. The first-order valence-electron chi connectivity index (χ1n) is 10.3. The van der Waals surface area contributed by atoms with E-state index in [1.807, 2.05) is 42.5 Å². The maximum atomic E-state index is 5.93. The van der Waals surface area contributed by atoms with E-state index in [1.165, 1.54) is 21.7 Å². The average molecular weight is 542 g/mol. The summed E-state index contributed by atoms with van der Waals surface area (Å²) in [6.45, 7) is 0. The topological polar surface area (TPSA) is 42.2 Å². The molecule has 5 aromatic rings. The molecule has 32 heavy (non-hydrogen) atoms. The van der Waals surface area contributed by atoms with E-state index in [4.69, 9.17) is 4.42 Å². The molecule has 4 nitrogen and oxygen atoms in total. The van der Waals surface area contributed by atoms with Crippen LogP contribution in [0.15, 0.2) is 108 Å². The molecule has 0 aliphatic carbocycles. The molecule has 2 heterocycles. The standard InChI is InChI=1S/C26H17IN3OSi/c27-32-23-12-6-4-10-21(23)30(22-11-5-7-13-24(22)32)20-16-14-19(15-17-20)26-29-28-25(31-26)18-8-2-1-3-9-18/h1-17H. The van der Waals surface area contributed by atoms with Gasteiger partial charge in [0.1, 0.15) is 0 Å². The van der Waals surface area contributed by atoms with E-state index in [0.717, 1.165) is 16.8 Å². The van der Waals surface area contributed by atoms with Crippen LogP contribution in [0.1, 0.15) is 0 Å². The predicted octanol–water partition coefficient (Wildman–Crippen LogP) is 5.73. The van der Waals surface area contributed by atoms with Crippen molar-refractivity contribution in [3.05, 3.63) is 103 Å². The van der Waals surface area contributed by atoms with Crippen molar-refractivity contribution >= 4 is 55.5 Å². The molecular formula is C26H17IN3OSi. The third-order valence-corrected chi connectivity index (χ3v) is 10.9. The predicted molar refractivity (Wildman–Crippen MR) is 139 cm³/mol. The van der Waals surface area contributed by atoms with E-state index >= 15 is 0 Å². The minimum atomic E-state index is -0.825. The second-order valence-corrected chi connectivity index (χ2v) is 12.5. The van der Waals surface area contributed by atoms with Crippen molar-refractivity contribution in [2.24, 2.45) is 0 Å². The van der Waals surface area contributed by atoms with Gasteiger partial charge < -0.3 is 9.32 Å². The molecule has 153 valence electrons. The van der Waals surface area contributed by atoms with Crippen LogP contribution in [0, 0.1) is 0 Å². The van der Waals surface area contributed by atoms with E-state index in [0.29, 0.717) is 11.8 Å². The number of anilines is 3. The average Bonchev–Trinajstić information content (AvgIpc) is 3.36. The van der Waals surface area contributed by atoms with Crippen molar-refractivity contribution in [1.29, 1.82) is 0 Å². The summed E-state index contributed by atoms with van der Waals surface area (Å²) in [4.78, 5) is 2.35. The van der Waals surface area contributed by atoms with Gasteiger partial charge in [-0.05, 0) is 58.9 Å². The Morgan fingerprint density at radius 3 is 1.69 bits per heavy atom. The summed E-state index contributed by atoms with van der Waals surface area (Å²) in [5.41, 5.74) is 5.45. The fourth-order valence-corrected chi connectivity index (χ4v) is 8.40. The molecule has 0 amide bonds. The summed E-state index contributed by atoms with van der Waals surface area (Å²) in [6.07, 6.45) is -0.825. The number of para-hydroxylation sites is 2. The molecule has 0 N–H and O–H groups in total. The number of halogens is 1. The lowest BCUT2D eigenvalue weighted by atomic mass is 10.1. The number of benzene rings is 4. The van der Waals surface area contributed by atoms with E-state index in [9.17, 15) is 0 Å². The third-order valence-electron chi connectivity index (χ3n) is 5.58. The Bertz CT molecular complexity index is 1350. The van der Waals surface area contributed by atoms with Crippen LogP contribution < -0.4 is 15.3 Å². The van der Waals surface area contributed by atoms with Crippen LogP contribution in [0.3, 0.4) is 0 Å². The van der Waals surface area contributed by atoms with E-state index in [1.54, 1.807) is 0 Å². The Hall–Kier alpha value is -3.23. The number of hydrogen-bond donors (Lipinski definition) is 0. The van der Waals surface area contributed by atoms with Crippen LogP contribution >= 0.6 is 21.8 Å². The lowest BCUT2D eigenvalue weighted by molar-refractivity contribution is 0.584. The fourth-order valence-electron chi connectivity index (χ4n) is 4.05. The normalized spacial score (nSPS) is 13.0. The molecule has 1 aromatic heterocycles. The van der Waals surface area contributed by atoms with Crippen LogP contribution in [0.2, 0.25) is 0 Å². The zero-order valence-electron chi connectivity index (χ0n) is 16.9. The van der Waals surface area contributed by atoms with Crippen LogP contribution in [0.5, 0.6) is 0 Å². The Labute approximate surface area is 200 Å². The summed E-state index contributed by atoms with van der Waals surface area (Å²) in [7, 11) is 0. The van der Waals surface area contributed by atoms with Crippen molar-refractivity contribution in [2.45, 2.75) is 0 Å². The molecule has 1 aliphatic heterocycles. The van der Waals surface area contributed by atoms with Crippen molar-refractivity contribution in [3.8, 4) is 22.9 Å². The number of nitrogens with zero attached hydrogens (tertiary/aromatic N) is 3. The zero-order valence-corrected chi connectivity index (χ0v) is 20.1. The molecule has 0 unspecified atom stereocenters. The maximum Gasteiger partial charge on any atom is 0.248 e. The van der Waals surface area contributed by atoms with Crippen LogP contribution in [-0.4, -0.2) is 16.5 Å². The lowest BCUT2D eigenvalue weighted by Gasteiger charge is -2.35. The zero-order chi connectivity index (χ0) is 21.5. The quantitative estimate of drug-likeness (QED) is 0.166. The van der Waals surface area contributed by atoms with Crippen LogP contribution in [0.4, 0.5) is 17.1 Å². The lowest BCUT2D eigenvalue weighted by Crippen LogP contribution is -2.46. The Morgan fingerprint density at radius 2 is 1.09 bits per heavy atom. The number of rotatable bonds is 3. The molecule has 6 rings (SSSR count). The first kappa shape index (κ1) is 19.5. The van der Waals surface area contributed by atoms with Gasteiger partial charge in [0.15, 0.2) is 0 Å². The van der Waals surface area contributed by atoms with E-state index < -0.39 is 6.29 Å². The van der Waals surface area contributed by atoms with Gasteiger partial charge in [-0.3, -0.25) is 0 Å². The fraction of sp³-hybridized carbons (Fsp3) is 0. The van der Waals surface area contributed by atoms with E-state index in [-0.39, 0.29) is 0 Å². The van der Waals surface area contributed by atoms with Gasteiger partial charge in [0.05, 0.1) is 0 Å². The molecule has 0 saturated carbocycles. The first-order chi connectivity index (χ1) is 15.8. The van der Waals surface area contributed by atoms with Crippen molar-refractivity contribution < 1.29 is 4.42 Å². The monoisotopic (exact) mass is 542 g/mol. The highest BCUT2D eigenvalue weighted by Gasteiger charge is 2.30. The van der Waals surface area contributed by atoms with Gasteiger partial charge in [-0.2, -0.15) is 0 Å². The molecule has 0 saturated heterocycles. The second-order valence-electron chi connectivity index (χ2n) is 7.51. The van der Waals surface area contributed by atoms with Crippen LogP contribution in [-0.2, 0) is 0 Å². The Balaban J connectivity index is 1.39. The van der Waals surface area contributed by atoms with Gasteiger partial charge in [-0.1, -0.05) is 54.6 Å². The minimum Gasteiger partial charge on any atom is -0.416 e. The molecular weight excluding hydrogens is 525 g/mol. The molecule has 1 radical (unpaired) electrons. The maximum absolute atomic E-state index is 5.93. The van der Waals surface area contributed by atoms with Gasteiger partial charge in [-0.15, -0.1) is 32.0 Å². The molecule has 6 heteroatoms. The van der Waals surface area contributed by atoms with Gasteiger partial charge in [0, 0.05) is 28.2 Å². The smallest absolute Gasteiger partial charge is 0.248 e. The highest BCUT2D eigenvalue weighted by Crippen LogP contribution is 2.37. The number of hydrogen-bond acceptors (Lipinski definition) is 4. The summed E-state index contributed by atoms with van der Waals surface area (Å²) in [5.74, 6) is 1.05. The van der Waals surface area contributed by atoms with E-state index in [2.05, 4.69) is 97.6 Å². The summed E-state index contributed by atoms with van der Waals surface area (Å²) < 4.78 is 5.93. The van der Waals surface area contributed by atoms with Crippen molar-refractivity contribution in [2.75, 3.05) is 4.90 Å². The minimum absolute atomic E-state index is 0.521. The van der Waals surface area contributed by atoms with Gasteiger partial charge >= 0.3 is 0 Å². The molecule has 4 aromatic carbocycles. The summed E-state index contributed by atoms with van der Waals surface area (Å²) in [6, 6.07) is 35.6. The van der Waals surface area contributed by atoms with Crippen LogP contribution in [0.25, 0.3) is 22.9 Å². The second kappa shape index (κ2) is 8.03. The largest absolute Gasteiger partial charge is 0.416 e. The highest BCUT2D eigenvalue weighted by molar-refractivity contribution is 14.1. The Morgan fingerprint density at radius 1 is 0.594 bits per heavy atom. The van der Waals surface area contributed by atoms with Gasteiger partial charge in [-0.25, -0.2) is 0 Å². The van der Waals surface area contributed by atoms with Crippen molar-refractivity contribution in [1.82, 2.24) is 10.2 Å². The van der Waals surface area contributed by atoms with Crippen molar-refractivity contribution in [3.63, 3.8) is 0 Å². The third kappa shape index (κ3) is 3.27. The summed E-state index contributed by atoms with van der Waals surface area (Å²) >= 11 is 2.64. The van der Waals surface area contributed by atoms with Gasteiger partial charge in [0.25, 0.3) is 0 Å². The number of fused-ring (bicyclic) bond motifs is 2. The molecule has 0 spiro atoms. The molecule has 0 atom stereocenters. The summed E-state index contributed by atoms with van der Waals surface area (Å²) in [5, 5.41) is 11.3. The van der Waals surface area contributed by atoms with Gasteiger partial charge in [0.2, 0.25) is 18.1 Å². The number of aromatic nitrogens is 2. The SMILES string of the molecule is I[Si]1c2ccccc2N(c2ccc(-c3nnc(-c4ccccc4)o3)cc2)c2ccccc21. The molecule has 1 aliphatic rings. The molecule has 0 bridgehead atoms. The first-order valence-corrected chi connectivity index (χ1v) is 14.9. The highest BCUT2D eigenvalue weighted by atomic mass is 127. The molecule has 0 fully saturated rings.